The van der Waals surface area contributed by atoms with Crippen molar-refractivity contribution in [1.29, 1.82) is 0 Å². The van der Waals surface area contributed by atoms with Crippen molar-refractivity contribution < 1.29 is 9.13 Å². The van der Waals surface area contributed by atoms with E-state index < -0.39 is 5.41 Å². The summed E-state index contributed by atoms with van der Waals surface area (Å²) in [4.78, 5) is 0. The van der Waals surface area contributed by atoms with Gasteiger partial charge in [0.2, 0.25) is 0 Å². The quantitative estimate of drug-likeness (QED) is 0.228. The fourth-order valence-electron chi connectivity index (χ4n) is 5.83. The fourth-order valence-corrected chi connectivity index (χ4v) is 6.17. The van der Waals surface area contributed by atoms with E-state index in [9.17, 15) is 4.39 Å². The second kappa shape index (κ2) is 7.15. The Labute approximate surface area is 205 Å². The largest absolute Gasteiger partial charge is 0.456 e. The summed E-state index contributed by atoms with van der Waals surface area (Å²) in [6.45, 7) is 0. The third-order valence-electron chi connectivity index (χ3n) is 7.11. The number of hydrogen-bond acceptors (Lipinski definition) is 1. The van der Waals surface area contributed by atoms with Crippen LogP contribution in [0.4, 0.5) is 4.39 Å². The van der Waals surface area contributed by atoms with Crippen LogP contribution >= 0.6 is 15.9 Å². The second-order valence-corrected chi connectivity index (χ2v) is 9.54. The molecule has 3 heteroatoms. The van der Waals surface area contributed by atoms with Gasteiger partial charge in [-0.05, 0) is 84.7 Å². The molecule has 7 rings (SSSR count). The van der Waals surface area contributed by atoms with Crippen molar-refractivity contribution in [2.24, 2.45) is 0 Å². The Hall–Kier alpha value is -3.69. The molecule has 0 atom stereocenters. The average Bonchev–Trinajstić information content (AvgIpc) is 3.34. The van der Waals surface area contributed by atoms with Crippen molar-refractivity contribution in [2.75, 3.05) is 0 Å². The first-order valence-corrected chi connectivity index (χ1v) is 12.0. The molecule has 2 aliphatic rings. The predicted octanol–water partition coefficient (Wildman–Crippen LogP) is 8.72. The lowest BCUT2D eigenvalue weighted by Gasteiger charge is -2.30. The zero-order chi connectivity index (χ0) is 22.9. The number of benzene rings is 5. The van der Waals surface area contributed by atoms with E-state index in [1.54, 1.807) is 12.1 Å². The van der Waals surface area contributed by atoms with Crippen LogP contribution in [-0.4, -0.2) is 0 Å². The lowest BCUT2D eigenvalue weighted by atomic mass is 9.70. The molecule has 34 heavy (non-hydrogen) atoms. The van der Waals surface area contributed by atoms with Gasteiger partial charge in [0.25, 0.3) is 0 Å². The van der Waals surface area contributed by atoms with E-state index in [-0.39, 0.29) is 5.82 Å². The molecule has 0 bridgehead atoms. The van der Waals surface area contributed by atoms with Gasteiger partial charge < -0.3 is 4.74 Å². The van der Waals surface area contributed by atoms with E-state index in [0.717, 1.165) is 0 Å². The third kappa shape index (κ3) is 2.48. The Kier molecular flexibility index (Phi) is 4.15. The number of halogens is 2. The molecule has 0 fully saturated rings. The highest BCUT2D eigenvalue weighted by Gasteiger charge is 2.51. The summed E-state index contributed by atoms with van der Waals surface area (Å²) in [5, 5.41) is 0. The molecule has 0 heterocycles. The van der Waals surface area contributed by atoms with Gasteiger partial charge in [0, 0.05) is 0 Å². The lowest BCUT2D eigenvalue weighted by molar-refractivity contribution is 0.471. The maximum Gasteiger partial charge on any atom is 0.144 e. The molecule has 5 aromatic rings. The summed E-state index contributed by atoms with van der Waals surface area (Å²) in [5.74, 6) is 0.789. The van der Waals surface area contributed by atoms with Crippen molar-refractivity contribution in [2.45, 2.75) is 5.41 Å². The minimum Gasteiger partial charge on any atom is -0.456 e. The van der Waals surface area contributed by atoms with Crippen molar-refractivity contribution in [3.63, 3.8) is 0 Å². The lowest BCUT2D eigenvalue weighted by Crippen LogP contribution is -2.25. The SMILES string of the molecule is Fc1cccc(Oc2ccc3c(c2)C2(c4ccccc4-c4ccccc42)c2ccccc2-3)c1Br. The highest BCUT2D eigenvalue weighted by molar-refractivity contribution is 9.10. The molecule has 0 aliphatic heterocycles. The number of fused-ring (bicyclic) bond motifs is 10. The molecule has 1 spiro atoms. The molecule has 162 valence electrons. The van der Waals surface area contributed by atoms with Gasteiger partial charge >= 0.3 is 0 Å². The Balaban J connectivity index is 1.52. The maximum atomic E-state index is 14.1. The van der Waals surface area contributed by atoms with Crippen LogP contribution in [0.25, 0.3) is 22.3 Å². The van der Waals surface area contributed by atoms with Crippen LogP contribution in [0, 0.1) is 5.82 Å². The van der Waals surface area contributed by atoms with Crippen molar-refractivity contribution in [3.8, 4) is 33.8 Å². The molecular weight excluding hydrogens is 487 g/mol. The molecule has 0 saturated heterocycles. The van der Waals surface area contributed by atoms with Crippen molar-refractivity contribution >= 4 is 15.9 Å². The fraction of sp³-hybridized carbons (Fsp3) is 0.0323. The Morgan fingerprint density at radius 2 is 1.09 bits per heavy atom. The summed E-state index contributed by atoms with van der Waals surface area (Å²) in [7, 11) is 0. The minimum absolute atomic E-state index is 0.324. The minimum atomic E-state index is -0.419. The first-order chi connectivity index (χ1) is 16.7. The summed E-state index contributed by atoms with van der Waals surface area (Å²) in [6.07, 6.45) is 0. The van der Waals surface area contributed by atoms with Crippen LogP contribution in [0.1, 0.15) is 22.3 Å². The van der Waals surface area contributed by atoms with Crippen LogP contribution in [0.15, 0.2) is 114 Å². The molecule has 5 aromatic carbocycles. The zero-order valence-corrected chi connectivity index (χ0v) is 19.6. The summed E-state index contributed by atoms with van der Waals surface area (Å²) < 4.78 is 20.7. The molecule has 0 N–H and O–H groups in total. The van der Waals surface area contributed by atoms with E-state index in [2.05, 4.69) is 101 Å². The van der Waals surface area contributed by atoms with Gasteiger partial charge in [0.05, 0.1) is 9.89 Å². The van der Waals surface area contributed by atoms with Crippen molar-refractivity contribution in [1.82, 2.24) is 0 Å². The standard InChI is InChI=1S/C31H18BrFO/c32-30-28(33)14-7-15-29(30)34-19-16-17-23-22-10-3-6-13-26(22)31(27(23)18-19)24-11-4-1-8-20(24)21-9-2-5-12-25(21)31/h1-18H. The molecule has 0 unspecified atom stereocenters. The second-order valence-electron chi connectivity index (χ2n) is 8.75. The maximum absolute atomic E-state index is 14.1. The van der Waals surface area contributed by atoms with Crippen LogP contribution < -0.4 is 4.74 Å². The predicted molar refractivity (Wildman–Crippen MR) is 137 cm³/mol. The highest BCUT2D eigenvalue weighted by Crippen LogP contribution is 2.63. The Morgan fingerprint density at radius 1 is 0.559 bits per heavy atom. The van der Waals surface area contributed by atoms with Crippen LogP contribution in [-0.2, 0) is 5.41 Å². The topological polar surface area (TPSA) is 9.23 Å². The summed E-state index contributed by atoms with van der Waals surface area (Å²) in [5.41, 5.74) is 9.59. The van der Waals surface area contributed by atoms with E-state index in [1.807, 2.05) is 6.07 Å². The number of rotatable bonds is 2. The van der Waals surface area contributed by atoms with Gasteiger partial charge in [0.15, 0.2) is 0 Å². The first-order valence-electron chi connectivity index (χ1n) is 11.3. The zero-order valence-electron chi connectivity index (χ0n) is 18.1. The molecule has 0 aromatic heterocycles. The van der Waals surface area contributed by atoms with Crippen LogP contribution in [0.3, 0.4) is 0 Å². The Bertz CT molecular complexity index is 1560. The highest BCUT2D eigenvalue weighted by atomic mass is 79.9. The molecule has 1 nitrogen and oxygen atoms in total. The van der Waals surface area contributed by atoms with E-state index in [0.29, 0.717) is 16.0 Å². The monoisotopic (exact) mass is 504 g/mol. The molecule has 2 aliphatic carbocycles. The van der Waals surface area contributed by atoms with Gasteiger partial charge in [-0.15, -0.1) is 0 Å². The van der Waals surface area contributed by atoms with Gasteiger partial charge in [-0.3, -0.25) is 0 Å². The molecule has 0 radical (unpaired) electrons. The van der Waals surface area contributed by atoms with Gasteiger partial charge in [-0.1, -0.05) is 84.9 Å². The third-order valence-corrected chi connectivity index (χ3v) is 7.88. The molecular formula is C31H18BrFO. The van der Waals surface area contributed by atoms with E-state index in [1.165, 1.54) is 50.6 Å². The smallest absolute Gasteiger partial charge is 0.144 e. The van der Waals surface area contributed by atoms with Crippen LogP contribution in [0.5, 0.6) is 11.5 Å². The van der Waals surface area contributed by atoms with E-state index >= 15 is 0 Å². The summed E-state index contributed by atoms with van der Waals surface area (Å²) in [6, 6.07) is 37.1. The van der Waals surface area contributed by atoms with Gasteiger partial charge in [0.1, 0.15) is 17.3 Å². The number of hydrogen-bond donors (Lipinski definition) is 0. The van der Waals surface area contributed by atoms with Crippen molar-refractivity contribution in [3.05, 3.63) is 142 Å². The average molecular weight is 505 g/mol. The van der Waals surface area contributed by atoms with Gasteiger partial charge in [-0.2, -0.15) is 0 Å². The normalized spacial score (nSPS) is 13.8. The Morgan fingerprint density at radius 3 is 1.68 bits per heavy atom. The summed E-state index contributed by atoms with van der Waals surface area (Å²) >= 11 is 3.33. The molecule has 0 saturated carbocycles. The first kappa shape index (κ1) is 19.7. The number of ether oxygens (including phenoxy) is 1. The van der Waals surface area contributed by atoms with E-state index in [4.69, 9.17) is 4.74 Å². The van der Waals surface area contributed by atoms with Crippen LogP contribution in [0.2, 0.25) is 0 Å². The van der Waals surface area contributed by atoms with Gasteiger partial charge in [-0.25, -0.2) is 4.39 Å². The molecule has 0 amide bonds.